The van der Waals surface area contributed by atoms with Crippen LogP contribution < -0.4 is 5.32 Å². The van der Waals surface area contributed by atoms with Gasteiger partial charge in [0.25, 0.3) is 5.69 Å². The Labute approximate surface area is 189 Å². The summed E-state index contributed by atoms with van der Waals surface area (Å²) in [6.07, 6.45) is -0.346. The van der Waals surface area contributed by atoms with Crippen molar-refractivity contribution in [2.45, 2.75) is 19.3 Å². The largest absolute Gasteiger partial charge is 0.445 e. The van der Waals surface area contributed by atoms with Crippen molar-refractivity contribution in [2.24, 2.45) is 0 Å². The van der Waals surface area contributed by atoms with Crippen molar-refractivity contribution in [1.29, 1.82) is 0 Å². The number of rotatable bonds is 7. The van der Waals surface area contributed by atoms with E-state index in [9.17, 15) is 14.9 Å². The number of amides is 1. The third-order valence-electron chi connectivity index (χ3n) is 4.54. The first-order chi connectivity index (χ1) is 14.0. The molecule has 0 spiro atoms. The minimum absolute atomic E-state index is 0. The molecule has 1 aliphatic heterocycles. The van der Waals surface area contributed by atoms with Gasteiger partial charge in [-0.2, -0.15) is 0 Å². The van der Waals surface area contributed by atoms with Crippen LogP contribution >= 0.6 is 28.3 Å². The fourth-order valence-corrected chi connectivity index (χ4v) is 3.37. The van der Waals surface area contributed by atoms with E-state index >= 15 is 0 Å². The molecule has 1 aliphatic rings. The maximum Gasteiger partial charge on any atom is 0.410 e. The first-order valence-electron chi connectivity index (χ1n) is 9.22. The summed E-state index contributed by atoms with van der Waals surface area (Å²) in [6.45, 7) is 2.54. The number of nitro groups is 1. The number of nitrogens with zero attached hydrogens (tertiary/aromatic N) is 2. The molecule has 0 unspecified atom stereocenters. The van der Waals surface area contributed by atoms with Gasteiger partial charge in [0.1, 0.15) is 6.61 Å². The number of ether oxygens (including phenoxy) is 2. The number of hydrogen-bond donors (Lipinski definition) is 1. The molecule has 1 N–H and O–H groups in total. The Kier molecular flexibility index (Phi) is 9.51. The smallest absolute Gasteiger partial charge is 0.410 e. The highest BCUT2D eigenvalue weighted by Gasteiger charge is 2.24. The molecule has 8 nitrogen and oxygen atoms in total. The number of nitrogens with one attached hydrogen (secondary N) is 1. The summed E-state index contributed by atoms with van der Waals surface area (Å²) < 4.78 is 11.9. The normalized spacial score (nSPS) is 15.9. The minimum Gasteiger partial charge on any atom is -0.445 e. The SMILES string of the molecule is Cl.O=C(OCc1ccccc1)N1CCN[C@@H](COCc2cc([N+](=O)[O-])ccc2Br)C1. The van der Waals surface area contributed by atoms with Crippen molar-refractivity contribution in [1.82, 2.24) is 10.2 Å². The van der Waals surface area contributed by atoms with Gasteiger partial charge in [-0.1, -0.05) is 46.3 Å². The molecule has 10 heteroatoms. The van der Waals surface area contributed by atoms with Gasteiger partial charge in [0.15, 0.2) is 0 Å². The van der Waals surface area contributed by atoms with Gasteiger partial charge in [-0.3, -0.25) is 10.1 Å². The van der Waals surface area contributed by atoms with Crippen LogP contribution in [0, 0.1) is 10.1 Å². The van der Waals surface area contributed by atoms with Crippen molar-refractivity contribution in [3.05, 3.63) is 74.2 Å². The summed E-state index contributed by atoms with van der Waals surface area (Å²) in [6, 6.07) is 14.1. The summed E-state index contributed by atoms with van der Waals surface area (Å²) in [5.41, 5.74) is 1.67. The van der Waals surface area contributed by atoms with Gasteiger partial charge in [0.05, 0.1) is 18.1 Å². The fraction of sp³-hybridized carbons (Fsp3) is 0.350. The number of nitro benzene ring substituents is 1. The lowest BCUT2D eigenvalue weighted by molar-refractivity contribution is -0.385. The number of piperazine rings is 1. The molecular weight excluding hydrogens is 478 g/mol. The zero-order valence-corrected chi connectivity index (χ0v) is 18.6. The first kappa shape index (κ1) is 24.1. The van der Waals surface area contributed by atoms with Crippen LogP contribution in [0.3, 0.4) is 0 Å². The third kappa shape index (κ3) is 6.94. The molecule has 0 saturated carbocycles. The van der Waals surface area contributed by atoms with Crippen LogP contribution in [0.15, 0.2) is 53.0 Å². The van der Waals surface area contributed by atoms with Gasteiger partial charge < -0.3 is 19.7 Å². The predicted octanol–water partition coefficient (Wildman–Crippen LogP) is 3.91. The average Bonchev–Trinajstić information content (AvgIpc) is 2.74. The molecule has 3 rings (SSSR count). The first-order valence-corrected chi connectivity index (χ1v) is 10.0. The highest BCUT2D eigenvalue weighted by Crippen LogP contribution is 2.23. The quantitative estimate of drug-likeness (QED) is 0.458. The molecule has 30 heavy (non-hydrogen) atoms. The topological polar surface area (TPSA) is 93.9 Å². The molecule has 2 aromatic rings. The molecule has 162 valence electrons. The second-order valence-electron chi connectivity index (χ2n) is 6.69. The van der Waals surface area contributed by atoms with E-state index in [1.165, 1.54) is 12.1 Å². The molecular formula is C20H23BrClN3O5. The summed E-state index contributed by atoms with van der Waals surface area (Å²) in [7, 11) is 0. The van der Waals surface area contributed by atoms with Crippen molar-refractivity contribution in [3.8, 4) is 0 Å². The van der Waals surface area contributed by atoms with E-state index in [0.717, 1.165) is 10.0 Å². The van der Waals surface area contributed by atoms with Crippen LogP contribution in [0.4, 0.5) is 10.5 Å². The molecule has 0 aromatic heterocycles. The number of carbonyl (C=O) groups is 1. The van der Waals surface area contributed by atoms with Gasteiger partial charge >= 0.3 is 6.09 Å². The van der Waals surface area contributed by atoms with Crippen LogP contribution in [-0.2, 0) is 22.7 Å². The molecule has 0 radical (unpaired) electrons. The second-order valence-corrected chi connectivity index (χ2v) is 7.54. The molecule has 1 fully saturated rings. The molecule has 0 aliphatic carbocycles. The maximum atomic E-state index is 12.3. The van der Waals surface area contributed by atoms with E-state index in [1.807, 2.05) is 30.3 Å². The highest BCUT2D eigenvalue weighted by atomic mass is 79.9. The van der Waals surface area contributed by atoms with E-state index in [2.05, 4.69) is 21.2 Å². The predicted molar refractivity (Wildman–Crippen MR) is 118 cm³/mol. The van der Waals surface area contributed by atoms with Crippen LogP contribution in [0.1, 0.15) is 11.1 Å². The Morgan fingerprint density at radius 2 is 2.00 bits per heavy atom. The fourth-order valence-electron chi connectivity index (χ4n) is 3.01. The molecule has 2 aromatic carbocycles. The van der Waals surface area contributed by atoms with Crippen molar-refractivity contribution >= 4 is 40.1 Å². The van der Waals surface area contributed by atoms with Gasteiger partial charge in [-0.25, -0.2) is 4.79 Å². The lowest BCUT2D eigenvalue weighted by atomic mass is 10.2. The Morgan fingerprint density at radius 3 is 2.73 bits per heavy atom. The summed E-state index contributed by atoms with van der Waals surface area (Å²) in [5, 5.41) is 14.2. The van der Waals surface area contributed by atoms with E-state index in [0.29, 0.717) is 31.8 Å². The molecule has 1 atom stereocenters. The Hall–Kier alpha value is -2.20. The van der Waals surface area contributed by atoms with E-state index < -0.39 is 4.92 Å². The number of halogens is 2. The summed E-state index contributed by atoms with van der Waals surface area (Å²) >= 11 is 3.38. The molecule has 1 heterocycles. The van der Waals surface area contributed by atoms with Crippen molar-refractivity contribution in [2.75, 3.05) is 26.2 Å². The van der Waals surface area contributed by atoms with Crippen LogP contribution in [0.25, 0.3) is 0 Å². The van der Waals surface area contributed by atoms with Crippen molar-refractivity contribution < 1.29 is 19.2 Å². The minimum atomic E-state index is -0.433. The number of non-ortho nitro benzene ring substituents is 1. The zero-order valence-electron chi connectivity index (χ0n) is 16.2. The lowest BCUT2D eigenvalue weighted by Gasteiger charge is -2.32. The Morgan fingerprint density at radius 1 is 1.23 bits per heavy atom. The van der Waals surface area contributed by atoms with E-state index in [1.54, 1.807) is 11.0 Å². The van der Waals surface area contributed by atoms with E-state index in [-0.39, 0.29) is 43.4 Å². The third-order valence-corrected chi connectivity index (χ3v) is 5.31. The van der Waals surface area contributed by atoms with Crippen LogP contribution in [0.2, 0.25) is 0 Å². The van der Waals surface area contributed by atoms with Gasteiger partial charge in [-0.05, 0) is 17.2 Å². The monoisotopic (exact) mass is 499 g/mol. The highest BCUT2D eigenvalue weighted by molar-refractivity contribution is 9.10. The van der Waals surface area contributed by atoms with Crippen LogP contribution in [-0.4, -0.2) is 48.2 Å². The Balaban J connectivity index is 0.00000320. The summed E-state index contributed by atoms with van der Waals surface area (Å²) in [4.78, 5) is 24.5. The van der Waals surface area contributed by atoms with Gasteiger partial charge in [-0.15, -0.1) is 12.4 Å². The standard InChI is InChI=1S/C20H22BrN3O5.ClH/c21-19-7-6-18(24(26)27)10-16(19)13-28-14-17-11-23(9-8-22-17)20(25)29-12-15-4-2-1-3-5-15;/h1-7,10,17,22H,8-9,11-14H2;1H/t17-;/m1./s1. The van der Waals surface area contributed by atoms with E-state index in [4.69, 9.17) is 9.47 Å². The number of carbonyl (C=O) groups excluding carboxylic acids is 1. The number of benzene rings is 2. The maximum absolute atomic E-state index is 12.3. The molecule has 0 bridgehead atoms. The Bertz CT molecular complexity index is 856. The van der Waals surface area contributed by atoms with Crippen LogP contribution in [0.5, 0.6) is 0 Å². The zero-order chi connectivity index (χ0) is 20.6. The average molecular weight is 501 g/mol. The molecule has 1 saturated heterocycles. The van der Waals surface area contributed by atoms with Gasteiger partial charge in [0.2, 0.25) is 0 Å². The van der Waals surface area contributed by atoms with Crippen molar-refractivity contribution in [3.63, 3.8) is 0 Å². The van der Waals surface area contributed by atoms with Gasteiger partial charge in [0, 0.05) is 42.3 Å². The lowest BCUT2D eigenvalue weighted by Crippen LogP contribution is -2.54. The second kappa shape index (κ2) is 11.8. The molecule has 1 amide bonds. The summed E-state index contributed by atoms with van der Waals surface area (Å²) in [5.74, 6) is 0. The number of hydrogen-bond acceptors (Lipinski definition) is 6.